The number of hydrogen-bond donors (Lipinski definition) is 3. The van der Waals surface area contributed by atoms with E-state index in [1.54, 1.807) is 6.07 Å². The third kappa shape index (κ3) is 8.06. The molecule has 37 heavy (non-hydrogen) atoms. The normalized spacial score (nSPS) is 14.9. The van der Waals surface area contributed by atoms with Crippen molar-refractivity contribution in [3.8, 4) is 0 Å². The fraction of sp³-hybridized carbons (Fsp3) is 0.519. The Kier molecular flexibility index (Phi) is 9.96. The Morgan fingerprint density at radius 3 is 2.95 bits per heavy atom. The van der Waals surface area contributed by atoms with Crippen LogP contribution in [0.1, 0.15) is 43.9 Å². The smallest absolute Gasteiger partial charge is 0.333 e. The van der Waals surface area contributed by atoms with Gasteiger partial charge in [0.05, 0.1) is 25.1 Å². The topological polar surface area (TPSA) is 116 Å². The van der Waals surface area contributed by atoms with E-state index in [9.17, 15) is 9.90 Å². The van der Waals surface area contributed by atoms with E-state index in [2.05, 4.69) is 37.6 Å². The molecule has 1 atom stereocenters. The van der Waals surface area contributed by atoms with Gasteiger partial charge in [-0.05, 0) is 68.6 Å². The van der Waals surface area contributed by atoms with E-state index in [1.165, 1.54) is 18.3 Å². The van der Waals surface area contributed by atoms with Crippen LogP contribution >= 0.6 is 0 Å². The molecule has 2 aliphatic heterocycles. The number of anilines is 2. The first-order valence-electron chi connectivity index (χ1n) is 13.3. The van der Waals surface area contributed by atoms with Gasteiger partial charge in [-0.1, -0.05) is 6.07 Å². The second-order valence-electron chi connectivity index (χ2n) is 9.32. The summed E-state index contributed by atoms with van der Waals surface area (Å²) in [5, 5.41) is 16.3. The number of unbranched alkanes of at least 4 members (excludes halogenated alkanes) is 1. The van der Waals surface area contributed by atoms with Crippen LogP contribution in [0.5, 0.6) is 0 Å². The zero-order valence-corrected chi connectivity index (χ0v) is 21.6. The summed E-state index contributed by atoms with van der Waals surface area (Å²) in [5.74, 6) is 1.35. The largest absolute Gasteiger partial charge is 0.480 e. The monoisotopic (exact) mass is 508 g/mol. The first-order valence-corrected chi connectivity index (χ1v) is 13.3. The van der Waals surface area contributed by atoms with Gasteiger partial charge in [-0.25, -0.2) is 14.4 Å². The molecule has 0 aliphatic carbocycles. The minimum atomic E-state index is -0.896. The molecule has 2 aromatic heterocycles. The zero-order chi connectivity index (χ0) is 25.9. The molecule has 0 unspecified atom stereocenters. The van der Waals surface area contributed by atoms with Gasteiger partial charge in [-0.3, -0.25) is 0 Å². The van der Waals surface area contributed by atoms with Crippen LogP contribution in [0.25, 0.3) is 0 Å². The van der Waals surface area contributed by atoms with Gasteiger partial charge in [0.1, 0.15) is 17.7 Å². The molecule has 0 bridgehead atoms. The second-order valence-corrected chi connectivity index (χ2v) is 9.32. The van der Waals surface area contributed by atoms with Crippen LogP contribution in [0.2, 0.25) is 0 Å². The lowest BCUT2D eigenvalue weighted by atomic mass is 10.1. The van der Waals surface area contributed by atoms with Gasteiger partial charge in [0.25, 0.3) is 0 Å². The average molecular weight is 509 g/mol. The van der Waals surface area contributed by atoms with Crippen molar-refractivity contribution in [1.82, 2.24) is 19.9 Å². The lowest BCUT2D eigenvalue weighted by molar-refractivity contribution is -0.369. The van der Waals surface area contributed by atoms with Crippen LogP contribution < -0.4 is 10.6 Å². The number of carboxylic acids is 1. The van der Waals surface area contributed by atoms with Crippen molar-refractivity contribution in [1.29, 1.82) is 0 Å². The Balaban J connectivity index is 1.26. The van der Waals surface area contributed by atoms with Gasteiger partial charge in [0.2, 0.25) is 6.33 Å². The summed E-state index contributed by atoms with van der Waals surface area (Å²) in [4.78, 5) is 27.5. The summed E-state index contributed by atoms with van der Waals surface area (Å²) in [6, 6.07) is 5.36. The number of carbonyl (C=O) groups is 1. The van der Waals surface area contributed by atoms with E-state index >= 15 is 0 Å². The van der Waals surface area contributed by atoms with Crippen molar-refractivity contribution >= 4 is 29.6 Å². The Hall–Kier alpha value is -3.37. The number of aromatic nitrogens is 3. The molecule has 4 heterocycles. The number of nitrogens with one attached hydrogen (secondary N) is 2. The molecule has 0 fully saturated rings. The fourth-order valence-corrected chi connectivity index (χ4v) is 4.46. The van der Waals surface area contributed by atoms with Gasteiger partial charge >= 0.3 is 11.8 Å². The number of ether oxygens (including phenoxy) is 1. The highest BCUT2D eigenvalue weighted by atomic mass is 16.5. The number of aryl methyl sites for hydroxylation is 2. The third-order valence-corrected chi connectivity index (χ3v) is 6.63. The number of allylic oxidation sites excluding steroid dienone is 1. The van der Waals surface area contributed by atoms with Crippen LogP contribution in [0.3, 0.4) is 0 Å². The molecule has 3 N–H and O–H groups in total. The maximum atomic E-state index is 12.0. The molecule has 0 aromatic carbocycles. The van der Waals surface area contributed by atoms with Crippen molar-refractivity contribution in [2.45, 2.75) is 51.5 Å². The fourth-order valence-electron chi connectivity index (χ4n) is 4.46. The predicted octanol–water partition coefficient (Wildman–Crippen LogP) is 3.09. The first kappa shape index (κ1) is 26.7. The van der Waals surface area contributed by atoms with E-state index in [-0.39, 0.29) is 0 Å². The van der Waals surface area contributed by atoms with Gasteiger partial charge in [0.15, 0.2) is 0 Å². The SMILES string of the molecule is CCOCCN(CCCCc1ccc2c(n1)NCCC2)CC[C@H](Nc1cc([N+]2=CC=C2)ncn1)C(=O)O. The number of pyridine rings is 1. The van der Waals surface area contributed by atoms with Crippen LogP contribution in [-0.2, 0) is 22.4 Å². The Bertz CT molecular complexity index is 1110. The number of hydrogen-bond acceptors (Lipinski definition) is 8. The lowest BCUT2D eigenvalue weighted by Gasteiger charge is -2.24. The highest BCUT2D eigenvalue weighted by molar-refractivity contribution is 5.77. The van der Waals surface area contributed by atoms with Crippen LogP contribution in [-0.4, -0.2) is 87.2 Å². The van der Waals surface area contributed by atoms with E-state index in [4.69, 9.17) is 9.72 Å². The molecule has 4 rings (SSSR count). The Labute approximate surface area is 218 Å². The highest BCUT2D eigenvalue weighted by Gasteiger charge is 2.21. The number of rotatable bonds is 16. The summed E-state index contributed by atoms with van der Waals surface area (Å²) in [6.07, 6.45) is 12.8. The number of carboxylic acid groups (broad SMARTS) is 1. The number of nitrogens with zero attached hydrogens (tertiary/aromatic N) is 5. The quantitative estimate of drug-likeness (QED) is 0.232. The third-order valence-electron chi connectivity index (χ3n) is 6.63. The van der Waals surface area contributed by atoms with Crippen molar-refractivity contribution in [2.75, 3.05) is 50.0 Å². The molecule has 0 saturated carbocycles. The maximum absolute atomic E-state index is 12.0. The van der Waals surface area contributed by atoms with Crippen LogP contribution in [0.4, 0.5) is 17.5 Å². The first-order chi connectivity index (χ1) is 18.1. The van der Waals surface area contributed by atoms with Crippen molar-refractivity contribution < 1.29 is 19.2 Å². The molecule has 2 aromatic rings. The van der Waals surface area contributed by atoms with E-state index in [0.29, 0.717) is 37.8 Å². The molecule has 10 heteroatoms. The predicted molar refractivity (Wildman–Crippen MR) is 144 cm³/mol. The summed E-state index contributed by atoms with van der Waals surface area (Å²) >= 11 is 0. The van der Waals surface area contributed by atoms with Gasteiger partial charge in [-0.15, -0.1) is 0 Å². The number of fused-ring (bicyclic) bond motifs is 1. The zero-order valence-electron chi connectivity index (χ0n) is 21.6. The summed E-state index contributed by atoms with van der Waals surface area (Å²) in [5.41, 5.74) is 2.44. The van der Waals surface area contributed by atoms with Crippen LogP contribution in [0, 0.1) is 0 Å². The molecular formula is C27H38N7O3+. The van der Waals surface area contributed by atoms with Gasteiger partial charge in [0, 0.05) is 38.0 Å². The molecule has 0 radical (unpaired) electrons. The summed E-state index contributed by atoms with van der Waals surface area (Å²) in [6.45, 7) is 6.60. The molecular weight excluding hydrogens is 470 g/mol. The molecule has 10 nitrogen and oxygen atoms in total. The maximum Gasteiger partial charge on any atom is 0.333 e. The van der Waals surface area contributed by atoms with Crippen LogP contribution in [0.15, 0.2) is 36.8 Å². The molecule has 198 valence electrons. The van der Waals surface area contributed by atoms with E-state index < -0.39 is 12.0 Å². The molecule has 0 spiro atoms. The lowest BCUT2D eigenvalue weighted by Crippen LogP contribution is -2.37. The van der Waals surface area contributed by atoms with Crippen molar-refractivity contribution in [3.63, 3.8) is 0 Å². The van der Waals surface area contributed by atoms with E-state index in [1.807, 2.05) is 30.0 Å². The average Bonchev–Trinajstić information content (AvgIpc) is 2.87. The standard InChI is InChI=1S/C27H37N7O3/c1-2-37-18-17-33(13-4-3-8-22-10-9-21-7-5-12-28-26(21)31-22)16-11-23(27(35)36)32-24-19-25(30-20-29-24)34-14-6-15-34/h6,9-10,14-15,19-20,23H,2-5,7-8,11-13,16-18H2,1H3,(H2-,28,29,30,31,32,35,36)/p+1/t23-/m0/s1. The van der Waals surface area contributed by atoms with Crippen molar-refractivity contribution in [2.24, 2.45) is 0 Å². The second kappa shape index (κ2) is 13.8. The highest BCUT2D eigenvalue weighted by Crippen LogP contribution is 2.20. The van der Waals surface area contributed by atoms with Gasteiger partial charge < -0.3 is 25.4 Å². The Morgan fingerprint density at radius 2 is 2.16 bits per heavy atom. The summed E-state index contributed by atoms with van der Waals surface area (Å²) < 4.78 is 7.43. The summed E-state index contributed by atoms with van der Waals surface area (Å²) in [7, 11) is 0. The molecule has 0 amide bonds. The van der Waals surface area contributed by atoms with Crippen molar-refractivity contribution in [3.05, 3.63) is 48.1 Å². The molecule has 2 aliphatic rings. The van der Waals surface area contributed by atoms with Gasteiger partial charge in [-0.2, -0.15) is 4.98 Å². The minimum absolute atomic E-state index is 0.453. The minimum Gasteiger partial charge on any atom is -0.480 e. The van der Waals surface area contributed by atoms with E-state index in [0.717, 1.165) is 56.8 Å². The molecule has 0 saturated heterocycles. The Morgan fingerprint density at radius 1 is 1.27 bits per heavy atom. The number of aliphatic carboxylic acids is 1.